The Bertz CT molecular complexity index is 311. The van der Waals surface area contributed by atoms with Crippen molar-refractivity contribution < 1.29 is 4.74 Å². The normalized spacial score (nSPS) is 36.8. The Balaban J connectivity index is 1.94. The molecule has 2 fully saturated rings. The number of ether oxygens (including phenoxy) is 1. The topological polar surface area (TPSA) is 25.4 Å². The van der Waals surface area contributed by atoms with E-state index in [1.165, 1.54) is 19.3 Å². The minimum atomic E-state index is 0.0273. The molecule has 2 nitrogen and oxygen atoms in total. The Morgan fingerprint density at radius 1 is 1.38 bits per heavy atom. The van der Waals surface area contributed by atoms with Crippen LogP contribution < -0.4 is 0 Å². The molecule has 2 heteroatoms. The van der Waals surface area contributed by atoms with Gasteiger partial charge in [-0.25, -0.2) is 0 Å². The van der Waals surface area contributed by atoms with Crippen molar-refractivity contribution in [3.63, 3.8) is 0 Å². The Morgan fingerprint density at radius 3 is 3.15 bits per heavy atom. The number of aromatic nitrogens is 1. The Labute approximate surface area is 77.9 Å². The molecule has 1 aliphatic carbocycles. The van der Waals surface area contributed by atoms with Crippen LogP contribution in [0.5, 0.6) is 0 Å². The van der Waals surface area contributed by atoms with Crippen molar-refractivity contribution in [3.05, 3.63) is 30.1 Å². The molecule has 1 aromatic rings. The van der Waals surface area contributed by atoms with Crippen LogP contribution in [0.1, 0.15) is 31.4 Å². The second kappa shape index (κ2) is 2.55. The van der Waals surface area contributed by atoms with Gasteiger partial charge in [0.1, 0.15) is 5.60 Å². The minimum Gasteiger partial charge on any atom is -0.359 e. The van der Waals surface area contributed by atoms with Crippen LogP contribution in [-0.4, -0.2) is 11.1 Å². The predicted molar refractivity (Wildman–Crippen MR) is 49.3 cm³/mol. The van der Waals surface area contributed by atoms with Gasteiger partial charge in [0, 0.05) is 6.20 Å². The summed E-state index contributed by atoms with van der Waals surface area (Å²) in [4.78, 5) is 4.39. The molecule has 2 heterocycles. The maximum Gasteiger partial charge on any atom is 0.136 e. The van der Waals surface area contributed by atoms with Gasteiger partial charge in [-0.05, 0) is 31.4 Å². The second-order valence-electron chi connectivity index (χ2n) is 3.96. The molecule has 68 valence electrons. The van der Waals surface area contributed by atoms with Gasteiger partial charge in [0.15, 0.2) is 0 Å². The maximum absolute atomic E-state index is 5.79. The van der Waals surface area contributed by atoms with E-state index in [0.29, 0.717) is 6.10 Å². The van der Waals surface area contributed by atoms with E-state index >= 15 is 0 Å². The smallest absolute Gasteiger partial charge is 0.136 e. The summed E-state index contributed by atoms with van der Waals surface area (Å²) < 4.78 is 5.79. The van der Waals surface area contributed by atoms with E-state index < -0.39 is 0 Å². The molecular formula is C11H13NO. The van der Waals surface area contributed by atoms with E-state index in [4.69, 9.17) is 4.74 Å². The van der Waals surface area contributed by atoms with E-state index in [-0.39, 0.29) is 5.60 Å². The number of epoxide rings is 1. The summed E-state index contributed by atoms with van der Waals surface area (Å²) >= 11 is 0. The fourth-order valence-electron chi connectivity index (χ4n) is 2.42. The van der Waals surface area contributed by atoms with Crippen molar-refractivity contribution in [2.75, 3.05) is 0 Å². The summed E-state index contributed by atoms with van der Waals surface area (Å²) in [5.41, 5.74) is 1.17. The first-order valence-electron chi connectivity index (χ1n) is 5.01. The third-order valence-corrected chi connectivity index (χ3v) is 3.18. The van der Waals surface area contributed by atoms with Crippen molar-refractivity contribution in [2.24, 2.45) is 0 Å². The molecule has 0 bridgehead atoms. The molecule has 1 aliphatic heterocycles. The van der Waals surface area contributed by atoms with Crippen LogP contribution in [0.2, 0.25) is 0 Å². The van der Waals surface area contributed by atoms with Gasteiger partial charge in [0.25, 0.3) is 0 Å². The summed E-state index contributed by atoms with van der Waals surface area (Å²) in [7, 11) is 0. The van der Waals surface area contributed by atoms with Gasteiger partial charge in [0.2, 0.25) is 0 Å². The average molecular weight is 175 g/mol. The predicted octanol–water partition coefficient (Wildman–Crippen LogP) is 2.25. The van der Waals surface area contributed by atoms with E-state index in [1.807, 2.05) is 18.3 Å². The average Bonchev–Trinajstić information content (AvgIpc) is 2.94. The first kappa shape index (κ1) is 7.51. The van der Waals surface area contributed by atoms with Crippen LogP contribution in [0.3, 0.4) is 0 Å². The first-order valence-corrected chi connectivity index (χ1v) is 5.01. The molecule has 2 aliphatic rings. The molecule has 0 unspecified atom stereocenters. The summed E-state index contributed by atoms with van der Waals surface area (Å²) in [5, 5.41) is 0. The van der Waals surface area contributed by atoms with Crippen molar-refractivity contribution in [2.45, 2.75) is 37.4 Å². The monoisotopic (exact) mass is 175 g/mol. The zero-order valence-electron chi connectivity index (χ0n) is 7.57. The van der Waals surface area contributed by atoms with Crippen molar-refractivity contribution in [1.82, 2.24) is 4.98 Å². The highest BCUT2D eigenvalue weighted by Crippen LogP contribution is 2.54. The molecule has 0 spiro atoms. The third-order valence-electron chi connectivity index (χ3n) is 3.18. The summed E-state index contributed by atoms with van der Waals surface area (Å²) in [5.74, 6) is 0. The lowest BCUT2D eigenvalue weighted by atomic mass is 9.86. The van der Waals surface area contributed by atoms with Gasteiger partial charge < -0.3 is 4.74 Å². The lowest BCUT2D eigenvalue weighted by Crippen LogP contribution is -2.18. The highest BCUT2D eigenvalue weighted by Gasteiger charge is 2.59. The van der Waals surface area contributed by atoms with E-state index in [1.54, 1.807) is 0 Å². The quantitative estimate of drug-likeness (QED) is 0.612. The van der Waals surface area contributed by atoms with Gasteiger partial charge >= 0.3 is 0 Å². The van der Waals surface area contributed by atoms with E-state index in [0.717, 1.165) is 12.1 Å². The van der Waals surface area contributed by atoms with Crippen LogP contribution in [0.15, 0.2) is 24.4 Å². The van der Waals surface area contributed by atoms with Crippen LogP contribution in [0, 0.1) is 0 Å². The molecule has 1 saturated carbocycles. The van der Waals surface area contributed by atoms with Gasteiger partial charge in [-0.1, -0.05) is 12.5 Å². The van der Waals surface area contributed by atoms with Crippen LogP contribution >= 0.6 is 0 Å². The number of hydrogen-bond donors (Lipinski definition) is 0. The van der Waals surface area contributed by atoms with Gasteiger partial charge in [-0.2, -0.15) is 0 Å². The van der Waals surface area contributed by atoms with Crippen LogP contribution in [0.25, 0.3) is 0 Å². The Kier molecular flexibility index (Phi) is 1.47. The molecule has 0 radical (unpaired) electrons. The molecular weight excluding hydrogens is 162 g/mol. The molecule has 1 saturated heterocycles. The summed E-state index contributed by atoms with van der Waals surface area (Å²) in [6.45, 7) is 0. The molecule has 2 atom stereocenters. The molecule has 1 aromatic heterocycles. The Hall–Kier alpha value is -0.890. The molecule has 0 N–H and O–H groups in total. The van der Waals surface area contributed by atoms with E-state index in [2.05, 4.69) is 11.1 Å². The largest absolute Gasteiger partial charge is 0.359 e. The number of nitrogens with zero attached hydrogens (tertiary/aromatic N) is 1. The lowest BCUT2D eigenvalue weighted by Gasteiger charge is -2.15. The maximum atomic E-state index is 5.79. The molecule has 0 aromatic carbocycles. The highest BCUT2D eigenvalue weighted by atomic mass is 16.6. The number of pyridine rings is 1. The Morgan fingerprint density at radius 2 is 2.38 bits per heavy atom. The molecule has 3 rings (SSSR count). The second-order valence-corrected chi connectivity index (χ2v) is 3.96. The number of rotatable bonds is 1. The van der Waals surface area contributed by atoms with Gasteiger partial charge in [-0.15, -0.1) is 0 Å². The fraction of sp³-hybridized carbons (Fsp3) is 0.545. The molecule has 0 amide bonds. The minimum absolute atomic E-state index is 0.0273. The van der Waals surface area contributed by atoms with Gasteiger partial charge in [-0.3, -0.25) is 4.98 Å². The van der Waals surface area contributed by atoms with Crippen LogP contribution in [-0.2, 0) is 10.3 Å². The lowest BCUT2D eigenvalue weighted by molar-refractivity contribution is 0.284. The first-order chi connectivity index (χ1) is 6.42. The van der Waals surface area contributed by atoms with Crippen LogP contribution in [0.4, 0.5) is 0 Å². The zero-order valence-corrected chi connectivity index (χ0v) is 7.57. The summed E-state index contributed by atoms with van der Waals surface area (Å²) in [6.07, 6.45) is 7.31. The highest BCUT2D eigenvalue weighted by molar-refractivity contribution is 5.23. The van der Waals surface area contributed by atoms with Crippen molar-refractivity contribution >= 4 is 0 Å². The zero-order chi connectivity index (χ0) is 8.73. The summed E-state index contributed by atoms with van der Waals surface area (Å²) in [6, 6.07) is 6.09. The number of fused-ring (bicyclic) bond motifs is 1. The number of hydrogen-bond acceptors (Lipinski definition) is 2. The fourth-order valence-corrected chi connectivity index (χ4v) is 2.42. The standard InChI is InChI=1S/C11H13NO/c1-3-7-11(10(6-1)13-11)9-5-2-4-8-12-9/h2,4-5,8,10H,1,3,6-7H2/t10-,11+/m1/s1. The van der Waals surface area contributed by atoms with Gasteiger partial charge in [0.05, 0.1) is 11.8 Å². The van der Waals surface area contributed by atoms with E-state index in [9.17, 15) is 0 Å². The third kappa shape index (κ3) is 1.02. The van der Waals surface area contributed by atoms with Crippen molar-refractivity contribution in [3.8, 4) is 0 Å². The SMILES string of the molecule is c1ccc([C@@]23CCCC[C@H]2O3)nc1. The van der Waals surface area contributed by atoms with Crippen molar-refractivity contribution in [1.29, 1.82) is 0 Å². The molecule has 13 heavy (non-hydrogen) atoms.